The number of rotatable bonds is 6. The minimum absolute atomic E-state index is 0.653. The van der Waals surface area contributed by atoms with Crippen LogP contribution in [0.15, 0.2) is 73.3 Å². The third-order valence-electron chi connectivity index (χ3n) is 5.22. The first-order chi connectivity index (χ1) is 15.6. The van der Waals surface area contributed by atoms with E-state index in [0.717, 1.165) is 39.7 Å². The molecule has 160 valence electrons. The Hall–Kier alpha value is -4.33. The molecule has 0 fully saturated rings. The molecule has 0 spiro atoms. The Morgan fingerprint density at radius 2 is 1.78 bits per heavy atom. The van der Waals surface area contributed by atoms with E-state index in [1.54, 1.807) is 18.9 Å². The summed E-state index contributed by atoms with van der Waals surface area (Å²) in [6, 6.07) is 15.6. The van der Waals surface area contributed by atoms with Gasteiger partial charge in [-0.3, -0.25) is 9.08 Å². The van der Waals surface area contributed by atoms with Crippen LogP contribution in [0.2, 0.25) is 0 Å². The number of aryl methyl sites for hydroxylation is 1. The maximum absolute atomic E-state index is 5.39. The van der Waals surface area contributed by atoms with Crippen molar-refractivity contribution in [2.24, 2.45) is 7.05 Å². The molecule has 0 aliphatic rings. The second-order valence-corrected chi connectivity index (χ2v) is 7.29. The Kier molecular flexibility index (Phi) is 4.95. The maximum atomic E-state index is 5.39. The molecule has 0 unspecified atom stereocenters. The van der Waals surface area contributed by atoms with Crippen LogP contribution in [0.3, 0.4) is 0 Å². The summed E-state index contributed by atoms with van der Waals surface area (Å²) in [5, 5.41) is 7.58. The predicted octanol–water partition coefficient (Wildman–Crippen LogP) is 4.56. The Balaban J connectivity index is 1.45. The normalized spacial score (nSPS) is 11.0. The van der Waals surface area contributed by atoms with Crippen molar-refractivity contribution in [2.75, 3.05) is 19.5 Å². The smallest absolute Gasteiger partial charge is 0.162 e. The molecule has 1 N–H and O–H groups in total. The van der Waals surface area contributed by atoms with Crippen molar-refractivity contribution in [3.05, 3.63) is 73.3 Å². The summed E-state index contributed by atoms with van der Waals surface area (Å²) in [5.74, 6) is 2.05. The molecule has 1 aromatic carbocycles. The molecular formula is C24H22N6O2. The highest BCUT2D eigenvalue weighted by atomic mass is 16.5. The lowest BCUT2D eigenvalue weighted by Gasteiger charge is -2.11. The molecule has 0 atom stereocenters. The van der Waals surface area contributed by atoms with Crippen LogP contribution in [-0.4, -0.2) is 38.4 Å². The van der Waals surface area contributed by atoms with Crippen molar-refractivity contribution >= 4 is 17.2 Å². The standard InChI is InChI=1S/C24H22N6O2/c1-29-15-17(13-26-29)16-9-10-30-20(14-25-24(30)11-16)19-5-4-6-23(28-19)27-18-7-8-21(31-2)22(12-18)32-3/h4-15H,1-3H3,(H,27,28). The SMILES string of the molecule is COc1ccc(Nc2cccc(-c3cnc4cc(-c5cnn(C)c5)ccn34)n2)cc1OC. The van der Waals surface area contributed by atoms with E-state index in [1.807, 2.05) is 78.7 Å². The lowest BCUT2D eigenvalue weighted by Crippen LogP contribution is -1.97. The fourth-order valence-electron chi connectivity index (χ4n) is 3.63. The Morgan fingerprint density at radius 1 is 0.906 bits per heavy atom. The van der Waals surface area contributed by atoms with Gasteiger partial charge < -0.3 is 14.8 Å². The first kappa shape index (κ1) is 19.6. The minimum Gasteiger partial charge on any atom is -0.493 e. The van der Waals surface area contributed by atoms with E-state index in [0.29, 0.717) is 11.5 Å². The molecule has 0 radical (unpaired) electrons. The van der Waals surface area contributed by atoms with Gasteiger partial charge in [0.2, 0.25) is 0 Å². The van der Waals surface area contributed by atoms with E-state index in [-0.39, 0.29) is 0 Å². The molecule has 8 heteroatoms. The van der Waals surface area contributed by atoms with Crippen LogP contribution in [0.1, 0.15) is 0 Å². The van der Waals surface area contributed by atoms with Crippen LogP contribution in [0.25, 0.3) is 28.2 Å². The highest BCUT2D eigenvalue weighted by Crippen LogP contribution is 2.31. The third-order valence-corrected chi connectivity index (χ3v) is 5.22. The monoisotopic (exact) mass is 426 g/mol. The van der Waals surface area contributed by atoms with Gasteiger partial charge in [0.1, 0.15) is 11.5 Å². The Labute approximate surface area is 185 Å². The molecule has 0 saturated heterocycles. The van der Waals surface area contributed by atoms with Crippen molar-refractivity contribution in [3.63, 3.8) is 0 Å². The summed E-state index contributed by atoms with van der Waals surface area (Å²) in [5.41, 5.74) is 5.55. The lowest BCUT2D eigenvalue weighted by atomic mass is 10.1. The Morgan fingerprint density at radius 3 is 2.56 bits per heavy atom. The van der Waals surface area contributed by atoms with Gasteiger partial charge in [-0.1, -0.05) is 6.07 Å². The summed E-state index contributed by atoms with van der Waals surface area (Å²) in [6.45, 7) is 0. The Bertz CT molecular complexity index is 1400. The number of methoxy groups -OCH3 is 2. The highest BCUT2D eigenvalue weighted by Gasteiger charge is 2.11. The second kappa shape index (κ2) is 8.07. The molecule has 8 nitrogen and oxygen atoms in total. The zero-order valence-electron chi connectivity index (χ0n) is 18.0. The molecule has 0 amide bonds. The summed E-state index contributed by atoms with van der Waals surface area (Å²) >= 11 is 0. The number of benzene rings is 1. The van der Waals surface area contributed by atoms with Gasteiger partial charge in [0.15, 0.2) is 11.5 Å². The van der Waals surface area contributed by atoms with E-state index in [2.05, 4.69) is 21.5 Å². The number of anilines is 2. The van der Waals surface area contributed by atoms with Gasteiger partial charge >= 0.3 is 0 Å². The fraction of sp³-hybridized carbons (Fsp3) is 0.125. The van der Waals surface area contributed by atoms with Gasteiger partial charge in [0.25, 0.3) is 0 Å². The maximum Gasteiger partial charge on any atom is 0.162 e. The van der Waals surface area contributed by atoms with E-state index < -0.39 is 0 Å². The van der Waals surface area contributed by atoms with Crippen molar-refractivity contribution in [3.8, 4) is 34.0 Å². The van der Waals surface area contributed by atoms with Crippen molar-refractivity contribution < 1.29 is 9.47 Å². The number of nitrogens with zero attached hydrogens (tertiary/aromatic N) is 5. The molecule has 0 saturated carbocycles. The van der Waals surface area contributed by atoms with Crippen LogP contribution >= 0.6 is 0 Å². The number of pyridine rings is 2. The molecule has 4 heterocycles. The zero-order chi connectivity index (χ0) is 22.1. The minimum atomic E-state index is 0.653. The predicted molar refractivity (Wildman–Crippen MR) is 123 cm³/mol. The van der Waals surface area contributed by atoms with Gasteiger partial charge in [-0.05, 0) is 42.0 Å². The molecule has 0 aliphatic carbocycles. The average Bonchev–Trinajstić information content (AvgIpc) is 3.45. The fourth-order valence-corrected chi connectivity index (χ4v) is 3.63. The average molecular weight is 426 g/mol. The molecule has 5 rings (SSSR count). The quantitative estimate of drug-likeness (QED) is 0.429. The number of fused-ring (bicyclic) bond motifs is 1. The van der Waals surface area contributed by atoms with Crippen molar-refractivity contribution in [1.82, 2.24) is 24.1 Å². The topological polar surface area (TPSA) is 78.5 Å². The summed E-state index contributed by atoms with van der Waals surface area (Å²) in [4.78, 5) is 9.37. The van der Waals surface area contributed by atoms with Crippen LogP contribution < -0.4 is 14.8 Å². The molecule has 0 aliphatic heterocycles. The zero-order valence-corrected chi connectivity index (χ0v) is 18.0. The number of imidazole rings is 1. The van der Waals surface area contributed by atoms with E-state index in [9.17, 15) is 0 Å². The number of nitrogens with one attached hydrogen (secondary N) is 1. The summed E-state index contributed by atoms with van der Waals surface area (Å²) < 4.78 is 14.5. The third kappa shape index (κ3) is 3.62. The number of ether oxygens (including phenoxy) is 2. The van der Waals surface area contributed by atoms with Crippen LogP contribution in [0.5, 0.6) is 11.5 Å². The molecule has 0 bridgehead atoms. The summed E-state index contributed by atoms with van der Waals surface area (Å²) in [7, 11) is 5.14. The first-order valence-electron chi connectivity index (χ1n) is 10.1. The van der Waals surface area contributed by atoms with Crippen LogP contribution in [-0.2, 0) is 7.05 Å². The van der Waals surface area contributed by atoms with Crippen LogP contribution in [0, 0.1) is 0 Å². The van der Waals surface area contributed by atoms with Crippen molar-refractivity contribution in [2.45, 2.75) is 0 Å². The summed E-state index contributed by atoms with van der Waals surface area (Å²) in [6.07, 6.45) is 7.68. The number of aromatic nitrogens is 5. The van der Waals surface area contributed by atoms with Crippen LogP contribution in [0.4, 0.5) is 11.5 Å². The van der Waals surface area contributed by atoms with E-state index >= 15 is 0 Å². The molecule has 5 aromatic rings. The highest BCUT2D eigenvalue weighted by molar-refractivity contribution is 5.70. The molecule has 4 aromatic heterocycles. The molecule has 32 heavy (non-hydrogen) atoms. The van der Waals surface area contributed by atoms with Gasteiger partial charge in [0.05, 0.1) is 38.0 Å². The van der Waals surface area contributed by atoms with Gasteiger partial charge in [-0.25, -0.2) is 9.97 Å². The molecular weight excluding hydrogens is 404 g/mol. The lowest BCUT2D eigenvalue weighted by molar-refractivity contribution is 0.355. The van der Waals surface area contributed by atoms with E-state index in [1.165, 1.54) is 0 Å². The van der Waals surface area contributed by atoms with E-state index in [4.69, 9.17) is 14.5 Å². The number of hydrogen-bond donors (Lipinski definition) is 1. The number of hydrogen-bond acceptors (Lipinski definition) is 6. The van der Waals surface area contributed by atoms with Gasteiger partial charge in [-0.2, -0.15) is 5.10 Å². The second-order valence-electron chi connectivity index (χ2n) is 7.29. The first-order valence-corrected chi connectivity index (χ1v) is 10.1. The largest absolute Gasteiger partial charge is 0.493 e. The van der Waals surface area contributed by atoms with Crippen molar-refractivity contribution in [1.29, 1.82) is 0 Å². The van der Waals surface area contributed by atoms with Gasteiger partial charge in [-0.15, -0.1) is 0 Å². The van der Waals surface area contributed by atoms with Gasteiger partial charge in [0, 0.05) is 36.8 Å².